The first-order valence-corrected chi connectivity index (χ1v) is 24.5. The number of hydrogen-bond acceptors (Lipinski definition) is 3. The molecule has 0 N–H and O–H groups in total. The van der Waals surface area contributed by atoms with Crippen molar-refractivity contribution in [2.75, 3.05) is 9.80 Å². The number of ether oxygens (including phenoxy) is 1. The average molecular weight is 928 g/mol. The number of rotatable bonds is 4. The van der Waals surface area contributed by atoms with E-state index < -0.39 is 72.1 Å². The van der Waals surface area contributed by atoms with Gasteiger partial charge in [0, 0.05) is 44.1 Å². The highest BCUT2D eigenvalue weighted by Gasteiger charge is 2.70. The molecule has 70 heavy (non-hydrogen) atoms. The van der Waals surface area contributed by atoms with Gasteiger partial charge in [-0.15, -0.1) is 4.57 Å². The van der Waals surface area contributed by atoms with E-state index in [1.807, 2.05) is 54.6 Å². The summed E-state index contributed by atoms with van der Waals surface area (Å²) >= 11 is 0. The van der Waals surface area contributed by atoms with Gasteiger partial charge in [-0.25, -0.2) is 4.90 Å². The van der Waals surface area contributed by atoms with Crippen LogP contribution in [0, 0.1) is 6.85 Å². The Morgan fingerprint density at radius 3 is 1.96 bits per heavy atom. The minimum absolute atomic E-state index is 0.129. The van der Waals surface area contributed by atoms with Gasteiger partial charge in [-0.05, 0) is 121 Å². The quantitative estimate of drug-likeness (QED) is 0.164. The van der Waals surface area contributed by atoms with Crippen LogP contribution in [-0.2, 0) is 27.5 Å². The Balaban J connectivity index is 1.24. The molecule has 0 fully saturated rings. The van der Waals surface area contributed by atoms with Crippen molar-refractivity contribution in [3.05, 3.63) is 197 Å². The molecule has 4 aliphatic rings. The molecular formula is C66H66N3O+. The van der Waals surface area contributed by atoms with E-state index in [4.69, 9.17) is 11.6 Å². The molecule has 7 aromatic carbocycles. The number of hydrogen-bond donors (Lipinski definition) is 0. The summed E-state index contributed by atoms with van der Waals surface area (Å²) in [4.78, 5) is 4.27. The van der Waals surface area contributed by atoms with Gasteiger partial charge in [0.2, 0.25) is 5.69 Å². The maximum atomic E-state index is 10.4. The third kappa shape index (κ3) is 6.37. The van der Waals surface area contributed by atoms with Gasteiger partial charge in [-0.2, -0.15) is 0 Å². The molecule has 0 bridgehead atoms. The molecular weight excluding hydrogens is 851 g/mol. The number of aryl methyl sites for hydroxylation is 1. The molecule has 0 radical (unpaired) electrons. The molecule has 2 unspecified atom stereocenters. The summed E-state index contributed by atoms with van der Waals surface area (Å²) in [6.45, 7) is 23.0. The predicted octanol–water partition coefficient (Wildman–Crippen LogP) is 16.8. The van der Waals surface area contributed by atoms with Crippen molar-refractivity contribution < 1.29 is 24.4 Å². The topological polar surface area (TPSA) is 19.6 Å². The van der Waals surface area contributed by atoms with Crippen LogP contribution >= 0.6 is 0 Å². The minimum Gasteiger partial charge on any atom is -0.410 e. The molecule has 1 aromatic heterocycles. The van der Waals surface area contributed by atoms with E-state index in [-0.39, 0.29) is 39.3 Å². The lowest BCUT2D eigenvalue weighted by atomic mass is 9.77. The van der Waals surface area contributed by atoms with Crippen molar-refractivity contribution in [2.45, 2.75) is 124 Å². The molecule has 12 rings (SSSR count). The Hall–Kier alpha value is -6.91. The number of anilines is 3. The molecule has 0 saturated carbocycles. The predicted molar refractivity (Wildman–Crippen MR) is 291 cm³/mol. The van der Waals surface area contributed by atoms with E-state index in [2.05, 4.69) is 147 Å². The fourth-order valence-electron chi connectivity index (χ4n) is 11.4. The van der Waals surface area contributed by atoms with E-state index in [1.165, 1.54) is 0 Å². The second kappa shape index (κ2) is 14.8. The van der Waals surface area contributed by atoms with Crippen LogP contribution < -0.4 is 19.1 Å². The maximum absolute atomic E-state index is 10.4. The number of fused-ring (bicyclic) bond motifs is 5. The molecule has 0 amide bonds. The van der Waals surface area contributed by atoms with Crippen LogP contribution in [0.4, 0.5) is 17.1 Å². The number of para-hydroxylation sites is 1. The van der Waals surface area contributed by atoms with Crippen molar-refractivity contribution >= 4 is 17.1 Å². The Kier molecular flexibility index (Phi) is 7.11. The van der Waals surface area contributed by atoms with Gasteiger partial charge in [-0.1, -0.05) is 186 Å². The molecule has 1 spiro atoms. The van der Waals surface area contributed by atoms with E-state index in [1.54, 1.807) is 4.57 Å². The number of pyridine rings is 1. The van der Waals surface area contributed by atoms with Crippen molar-refractivity contribution in [3.63, 3.8) is 0 Å². The smallest absolute Gasteiger partial charge is 0.410 e. The molecule has 8 aromatic rings. The maximum Gasteiger partial charge on any atom is 0.432 e. The molecule has 5 heterocycles. The van der Waals surface area contributed by atoms with E-state index in [0.717, 1.165) is 61.2 Å². The van der Waals surface area contributed by atoms with Crippen LogP contribution in [0.15, 0.2) is 158 Å². The lowest BCUT2D eigenvalue weighted by molar-refractivity contribution is -0.774. The number of nitrogens with zero attached hydrogens (tertiary/aromatic N) is 3. The zero-order valence-electron chi connectivity index (χ0n) is 53.2. The lowest BCUT2D eigenvalue weighted by Gasteiger charge is -2.49. The summed E-state index contributed by atoms with van der Waals surface area (Å²) in [5, 5.41) is 0. The summed E-state index contributed by atoms with van der Waals surface area (Å²) in [6.07, 6.45) is -1.29. The normalized spacial score (nSPS) is 19.9. The Morgan fingerprint density at radius 2 is 1.26 bits per heavy atom. The summed E-state index contributed by atoms with van der Waals surface area (Å²) in [7, 11) is 0. The molecule has 0 aliphatic carbocycles. The number of aromatic nitrogens is 1. The Morgan fingerprint density at radius 1 is 0.571 bits per heavy atom. The van der Waals surface area contributed by atoms with Gasteiger partial charge in [0.1, 0.15) is 18.8 Å². The molecule has 350 valence electrons. The van der Waals surface area contributed by atoms with Crippen LogP contribution in [-0.4, -0.2) is 0 Å². The van der Waals surface area contributed by atoms with Crippen molar-refractivity contribution in [1.29, 1.82) is 0 Å². The second-order valence-corrected chi connectivity index (χ2v) is 23.6. The van der Waals surface area contributed by atoms with Gasteiger partial charge in [0.15, 0.2) is 6.17 Å². The van der Waals surface area contributed by atoms with Gasteiger partial charge < -0.3 is 9.64 Å². The van der Waals surface area contributed by atoms with Crippen molar-refractivity contribution in [1.82, 2.24) is 0 Å². The van der Waals surface area contributed by atoms with Crippen molar-refractivity contribution in [3.8, 4) is 61.5 Å². The Labute approximate surface area is 431 Å². The summed E-state index contributed by atoms with van der Waals surface area (Å²) in [5.74, 6) is -1.35. The Bertz CT molecular complexity index is 4040. The van der Waals surface area contributed by atoms with E-state index in [9.17, 15) is 8.22 Å². The fraction of sp³-hybridized carbons (Fsp3) is 0.288. The highest BCUT2D eigenvalue weighted by Crippen LogP contribution is 2.68. The summed E-state index contributed by atoms with van der Waals surface area (Å²) in [5.41, 5.74) is 10.8. The van der Waals surface area contributed by atoms with Gasteiger partial charge in [0.05, 0.1) is 26.5 Å². The molecule has 4 aliphatic heterocycles. The van der Waals surface area contributed by atoms with Crippen LogP contribution in [0.1, 0.15) is 143 Å². The second-order valence-electron chi connectivity index (χ2n) is 23.6. The highest BCUT2D eigenvalue weighted by molar-refractivity contribution is 6.02. The summed E-state index contributed by atoms with van der Waals surface area (Å²) < 4.78 is 113. The standard InChI is InChI=1S/C66H66N3O/c1-40-34-44(57-47(42-24-18-15-19-25-42)26-20-28-52(57)64(8,9)10)30-31-54(40)68-55-29-21-27-48-49-36-45(62(2,3)4)37-50-56-35-43(41-22-16-14-17-23-41)32-33-67(56)66(58(49)50)69(59(48)55)61(68)51-38-46(63(5,6)7)39-53(60(51)70-66)65(11,12)13/h14-39,61H,1-13H3/q+1/i1D3,14D,16D,17D,22D,23D,32D,33D,35D. The van der Waals surface area contributed by atoms with E-state index in [0.29, 0.717) is 33.9 Å². The molecule has 4 nitrogen and oxygen atoms in total. The minimum atomic E-state index is -2.66. The average Bonchev–Trinajstić information content (AvgIpc) is 4.13. The van der Waals surface area contributed by atoms with E-state index >= 15 is 0 Å². The number of benzene rings is 7. The highest BCUT2D eigenvalue weighted by atomic mass is 16.5. The third-order valence-corrected chi connectivity index (χ3v) is 14.8. The summed E-state index contributed by atoms with van der Waals surface area (Å²) in [6, 6.07) is 33.0. The lowest BCUT2D eigenvalue weighted by Crippen LogP contribution is -2.71. The van der Waals surface area contributed by atoms with Crippen LogP contribution in [0.5, 0.6) is 5.75 Å². The molecule has 4 heteroatoms. The van der Waals surface area contributed by atoms with Crippen LogP contribution in [0.2, 0.25) is 0 Å². The van der Waals surface area contributed by atoms with Crippen LogP contribution in [0.25, 0.3) is 55.8 Å². The van der Waals surface area contributed by atoms with Gasteiger partial charge >= 0.3 is 5.85 Å². The fourth-order valence-corrected chi connectivity index (χ4v) is 11.4. The van der Waals surface area contributed by atoms with Crippen LogP contribution in [0.3, 0.4) is 0 Å². The first-order valence-electron chi connectivity index (χ1n) is 30.0. The molecule has 2 atom stereocenters. The first-order chi connectivity index (χ1) is 37.7. The molecule has 0 saturated heterocycles. The van der Waals surface area contributed by atoms with Gasteiger partial charge in [-0.3, -0.25) is 0 Å². The van der Waals surface area contributed by atoms with Gasteiger partial charge in [0.25, 0.3) is 0 Å². The largest absolute Gasteiger partial charge is 0.432 e. The zero-order chi connectivity index (χ0) is 58.5. The monoisotopic (exact) mass is 928 g/mol. The SMILES string of the molecule is [2H]c1c([2H])c([2H])c(-c2c([2H])c([2H])[n+]3c(c2[2H])-c2cc(C(C)(C)C)cc4c2C32Oc3c(cc(C(C)(C)C)cc3C(C)(C)C)C3N(c5ccc(-c6c(-c7ccccc7)cccc6C(C)(C)C)cc5C([2H])([2H])[2H])c5cccc-4c5N32)c([2H])c1[2H]. The first kappa shape index (κ1) is 33.6. The third-order valence-electron chi connectivity index (χ3n) is 14.8. The zero-order valence-corrected chi connectivity index (χ0v) is 42.2. The van der Waals surface area contributed by atoms with Crippen molar-refractivity contribution in [2.24, 2.45) is 0 Å².